The Kier molecular flexibility index (Phi) is 5.75. The molecule has 1 rings (SSSR count). The van der Waals surface area contributed by atoms with Gasteiger partial charge in [-0.05, 0) is 25.5 Å². The summed E-state index contributed by atoms with van der Waals surface area (Å²) in [4.78, 5) is 15.4. The van der Waals surface area contributed by atoms with E-state index in [0.717, 1.165) is 24.4 Å². The molecular weight excluding hydrogens is 234 g/mol. The van der Waals surface area contributed by atoms with Crippen molar-refractivity contribution in [2.75, 3.05) is 19.7 Å². The van der Waals surface area contributed by atoms with Gasteiger partial charge in [0.05, 0.1) is 9.75 Å². The molecular formula is C13H17NO2S. The van der Waals surface area contributed by atoms with E-state index in [4.69, 9.17) is 5.11 Å². The maximum Gasteiger partial charge on any atom is 0.263 e. The summed E-state index contributed by atoms with van der Waals surface area (Å²) in [5.41, 5.74) is 0. The Morgan fingerprint density at radius 3 is 2.82 bits per heavy atom. The zero-order valence-electron chi connectivity index (χ0n) is 10.2. The molecule has 1 aromatic rings. The van der Waals surface area contributed by atoms with Gasteiger partial charge in [0.25, 0.3) is 5.91 Å². The van der Waals surface area contributed by atoms with Gasteiger partial charge in [0.2, 0.25) is 0 Å². The van der Waals surface area contributed by atoms with Crippen LogP contribution in [0.1, 0.15) is 34.8 Å². The third kappa shape index (κ3) is 3.88. The first kappa shape index (κ1) is 13.8. The van der Waals surface area contributed by atoms with E-state index in [1.807, 2.05) is 17.9 Å². The molecule has 0 aliphatic rings. The number of hydrogen-bond acceptors (Lipinski definition) is 3. The largest absolute Gasteiger partial charge is 0.384 e. The molecule has 17 heavy (non-hydrogen) atoms. The first-order valence-electron chi connectivity index (χ1n) is 5.71. The summed E-state index contributed by atoms with van der Waals surface area (Å²) in [7, 11) is 0. The lowest BCUT2D eigenvalue weighted by molar-refractivity contribution is 0.0769. The van der Waals surface area contributed by atoms with Crippen molar-refractivity contribution in [1.29, 1.82) is 0 Å². The maximum absolute atomic E-state index is 12.1. The molecule has 92 valence electrons. The van der Waals surface area contributed by atoms with Crippen molar-refractivity contribution in [1.82, 2.24) is 4.90 Å². The van der Waals surface area contributed by atoms with Gasteiger partial charge in [-0.2, -0.15) is 0 Å². The number of carbonyl (C=O) groups excluding carboxylic acids is 1. The molecule has 1 aromatic heterocycles. The lowest BCUT2D eigenvalue weighted by atomic mass is 10.3. The van der Waals surface area contributed by atoms with Crippen molar-refractivity contribution >= 4 is 17.2 Å². The van der Waals surface area contributed by atoms with Gasteiger partial charge in [-0.15, -0.1) is 11.3 Å². The van der Waals surface area contributed by atoms with E-state index in [1.165, 1.54) is 11.3 Å². The number of carbonyl (C=O) groups is 1. The fraction of sp³-hybridized carbons (Fsp3) is 0.462. The number of nitrogens with zero attached hydrogens (tertiary/aromatic N) is 1. The molecule has 0 aliphatic heterocycles. The SMILES string of the molecule is CCCN(CC)C(=O)c1ccc(C#CCO)s1. The molecule has 0 saturated carbocycles. The van der Waals surface area contributed by atoms with Crippen LogP contribution < -0.4 is 0 Å². The van der Waals surface area contributed by atoms with E-state index in [-0.39, 0.29) is 12.5 Å². The first-order valence-corrected chi connectivity index (χ1v) is 6.53. The summed E-state index contributed by atoms with van der Waals surface area (Å²) in [6, 6.07) is 3.62. The van der Waals surface area contributed by atoms with Crippen LogP contribution in [-0.4, -0.2) is 35.6 Å². The third-order valence-electron chi connectivity index (χ3n) is 2.27. The molecule has 4 heteroatoms. The van der Waals surface area contributed by atoms with Gasteiger partial charge in [-0.3, -0.25) is 4.79 Å². The summed E-state index contributed by atoms with van der Waals surface area (Å²) >= 11 is 1.37. The summed E-state index contributed by atoms with van der Waals surface area (Å²) in [5, 5.41) is 8.60. The minimum Gasteiger partial charge on any atom is -0.384 e. The normalized spacial score (nSPS) is 9.59. The lowest BCUT2D eigenvalue weighted by Gasteiger charge is -2.18. The number of aliphatic hydroxyl groups is 1. The molecule has 0 spiro atoms. The van der Waals surface area contributed by atoms with Gasteiger partial charge in [0.1, 0.15) is 6.61 Å². The van der Waals surface area contributed by atoms with Crippen molar-refractivity contribution in [3.05, 3.63) is 21.9 Å². The Morgan fingerprint density at radius 2 is 2.24 bits per heavy atom. The predicted octanol–water partition coefficient (Wildman–Crippen LogP) is 1.96. The zero-order valence-corrected chi connectivity index (χ0v) is 11.0. The van der Waals surface area contributed by atoms with Gasteiger partial charge in [-0.1, -0.05) is 18.8 Å². The molecule has 0 aliphatic carbocycles. The minimum absolute atomic E-state index is 0.0661. The monoisotopic (exact) mass is 251 g/mol. The second kappa shape index (κ2) is 7.10. The zero-order chi connectivity index (χ0) is 12.7. The van der Waals surface area contributed by atoms with Crippen LogP contribution in [0.2, 0.25) is 0 Å². The van der Waals surface area contributed by atoms with E-state index >= 15 is 0 Å². The van der Waals surface area contributed by atoms with E-state index in [0.29, 0.717) is 4.88 Å². The quantitative estimate of drug-likeness (QED) is 0.831. The fourth-order valence-electron chi connectivity index (χ4n) is 1.48. The van der Waals surface area contributed by atoms with E-state index in [9.17, 15) is 4.79 Å². The highest BCUT2D eigenvalue weighted by Gasteiger charge is 2.14. The van der Waals surface area contributed by atoms with Crippen LogP contribution in [0.4, 0.5) is 0 Å². The molecule has 1 amide bonds. The second-order valence-corrected chi connectivity index (χ2v) is 4.59. The van der Waals surface area contributed by atoms with Gasteiger partial charge in [-0.25, -0.2) is 0 Å². The minimum atomic E-state index is -0.155. The van der Waals surface area contributed by atoms with Crippen LogP contribution in [0.15, 0.2) is 12.1 Å². The van der Waals surface area contributed by atoms with Crippen molar-refractivity contribution < 1.29 is 9.90 Å². The highest BCUT2D eigenvalue weighted by molar-refractivity contribution is 7.14. The smallest absolute Gasteiger partial charge is 0.263 e. The van der Waals surface area contributed by atoms with Crippen molar-refractivity contribution in [3.8, 4) is 11.8 Å². The molecule has 0 unspecified atom stereocenters. The molecule has 0 atom stereocenters. The number of aliphatic hydroxyl groups excluding tert-OH is 1. The molecule has 0 bridgehead atoms. The summed E-state index contributed by atoms with van der Waals surface area (Å²) in [5.74, 6) is 5.45. The molecule has 1 heterocycles. The summed E-state index contributed by atoms with van der Waals surface area (Å²) in [6.45, 7) is 5.39. The molecule has 0 aromatic carbocycles. The standard InChI is InChI=1S/C13H17NO2S/c1-3-9-14(4-2)13(16)12-8-7-11(17-12)6-5-10-15/h7-8,15H,3-4,9-10H2,1-2H3. The average Bonchev–Trinajstić information content (AvgIpc) is 2.81. The van der Waals surface area contributed by atoms with Gasteiger partial charge in [0.15, 0.2) is 0 Å². The Bertz CT molecular complexity index is 428. The lowest BCUT2D eigenvalue weighted by Crippen LogP contribution is -2.30. The number of hydrogen-bond donors (Lipinski definition) is 1. The Morgan fingerprint density at radius 1 is 1.47 bits per heavy atom. The number of amides is 1. The first-order chi connectivity index (χ1) is 8.22. The highest BCUT2D eigenvalue weighted by atomic mass is 32.1. The van der Waals surface area contributed by atoms with Crippen molar-refractivity contribution in [3.63, 3.8) is 0 Å². The van der Waals surface area contributed by atoms with Crippen LogP contribution in [0.3, 0.4) is 0 Å². The van der Waals surface area contributed by atoms with Gasteiger partial charge in [0, 0.05) is 13.1 Å². The summed E-state index contributed by atoms with van der Waals surface area (Å²) in [6.07, 6.45) is 0.960. The van der Waals surface area contributed by atoms with Gasteiger partial charge >= 0.3 is 0 Å². The number of rotatable bonds is 4. The Hall–Kier alpha value is -1.31. The predicted molar refractivity (Wildman–Crippen MR) is 70.2 cm³/mol. The average molecular weight is 251 g/mol. The van der Waals surface area contributed by atoms with E-state index in [2.05, 4.69) is 18.8 Å². The van der Waals surface area contributed by atoms with Crippen LogP contribution in [0.25, 0.3) is 0 Å². The third-order valence-corrected chi connectivity index (χ3v) is 3.26. The Labute approximate surface area is 106 Å². The topological polar surface area (TPSA) is 40.5 Å². The van der Waals surface area contributed by atoms with Crippen LogP contribution in [0, 0.1) is 11.8 Å². The van der Waals surface area contributed by atoms with Crippen LogP contribution in [0.5, 0.6) is 0 Å². The van der Waals surface area contributed by atoms with Crippen LogP contribution >= 0.6 is 11.3 Å². The Balaban J connectivity index is 2.78. The van der Waals surface area contributed by atoms with Crippen LogP contribution in [-0.2, 0) is 0 Å². The second-order valence-electron chi connectivity index (χ2n) is 3.51. The van der Waals surface area contributed by atoms with Crippen molar-refractivity contribution in [2.45, 2.75) is 20.3 Å². The van der Waals surface area contributed by atoms with E-state index < -0.39 is 0 Å². The van der Waals surface area contributed by atoms with E-state index in [1.54, 1.807) is 6.07 Å². The fourth-order valence-corrected chi connectivity index (χ4v) is 2.32. The summed E-state index contributed by atoms with van der Waals surface area (Å²) < 4.78 is 0. The molecule has 0 radical (unpaired) electrons. The van der Waals surface area contributed by atoms with Gasteiger partial charge < -0.3 is 10.0 Å². The molecule has 0 saturated heterocycles. The molecule has 1 N–H and O–H groups in total. The van der Waals surface area contributed by atoms with Crippen molar-refractivity contribution in [2.24, 2.45) is 0 Å². The highest BCUT2D eigenvalue weighted by Crippen LogP contribution is 2.17. The number of thiophene rings is 1. The molecule has 0 fully saturated rings. The molecule has 3 nitrogen and oxygen atoms in total. The maximum atomic E-state index is 12.1.